The third kappa shape index (κ3) is 4.11. The Labute approximate surface area is 184 Å². The maximum Gasteiger partial charge on any atom is 0.229 e. The van der Waals surface area contributed by atoms with Crippen molar-refractivity contribution < 1.29 is 4.79 Å². The van der Waals surface area contributed by atoms with Gasteiger partial charge in [0.2, 0.25) is 5.91 Å². The van der Waals surface area contributed by atoms with Gasteiger partial charge in [0.1, 0.15) is 10.8 Å². The molecule has 31 heavy (non-hydrogen) atoms. The summed E-state index contributed by atoms with van der Waals surface area (Å²) in [7, 11) is 0. The number of piperazine rings is 1. The molecular weight excluding hydrogens is 408 g/mol. The van der Waals surface area contributed by atoms with Gasteiger partial charge in [-0.2, -0.15) is 0 Å². The minimum Gasteiger partial charge on any atom is -0.352 e. The molecule has 5 rings (SSSR count). The molecular formula is C23H22N6OS. The molecule has 1 amide bonds. The monoisotopic (exact) mass is 430 g/mol. The zero-order valence-corrected chi connectivity index (χ0v) is 18.0. The summed E-state index contributed by atoms with van der Waals surface area (Å²) in [5.74, 6) is 1.71. The van der Waals surface area contributed by atoms with Gasteiger partial charge in [-0.25, -0.2) is 15.0 Å². The molecule has 7 nitrogen and oxygen atoms in total. The fourth-order valence-electron chi connectivity index (χ4n) is 3.82. The molecule has 0 unspecified atom stereocenters. The third-order valence-corrected chi connectivity index (χ3v) is 6.37. The summed E-state index contributed by atoms with van der Waals surface area (Å²) < 4.78 is 0. The maximum absolute atomic E-state index is 12.7. The first-order valence-electron chi connectivity index (χ1n) is 10.3. The first kappa shape index (κ1) is 19.6. The summed E-state index contributed by atoms with van der Waals surface area (Å²) in [6.07, 6.45) is 3.90. The normalized spacial score (nSPS) is 14.2. The smallest absolute Gasteiger partial charge is 0.229 e. The number of hydrogen-bond donors (Lipinski definition) is 0. The number of amides is 1. The molecule has 8 heteroatoms. The number of nitrogens with zero attached hydrogens (tertiary/aromatic N) is 6. The number of carbonyl (C=O) groups is 1. The van der Waals surface area contributed by atoms with Crippen molar-refractivity contribution in [3.8, 4) is 11.4 Å². The Morgan fingerprint density at radius 3 is 2.61 bits per heavy atom. The summed E-state index contributed by atoms with van der Waals surface area (Å²) in [5, 5.41) is 3.89. The lowest BCUT2D eigenvalue weighted by atomic mass is 10.2. The predicted molar refractivity (Wildman–Crippen MR) is 122 cm³/mol. The van der Waals surface area contributed by atoms with E-state index in [-0.39, 0.29) is 5.91 Å². The van der Waals surface area contributed by atoms with Crippen LogP contribution >= 0.6 is 11.3 Å². The van der Waals surface area contributed by atoms with Gasteiger partial charge in [0, 0.05) is 60.6 Å². The maximum atomic E-state index is 12.7. The minimum atomic E-state index is 0.137. The predicted octanol–water partition coefficient (Wildman–Crippen LogP) is 3.35. The molecule has 0 bridgehead atoms. The summed E-state index contributed by atoms with van der Waals surface area (Å²) in [4.78, 5) is 35.2. The summed E-state index contributed by atoms with van der Waals surface area (Å²) in [6.45, 7) is 4.76. The van der Waals surface area contributed by atoms with Crippen molar-refractivity contribution >= 4 is 34.0 Å². The van der Waals surface area contributed by atoms with Gasteiger partial charge in [-0.15, -0.1) is 11.3 Å². The van der Waals surface area contributed by atoms with Gasteiger partial charge in [-0.1, -0.05) is 12.1 Å². The summed E-state index contributed by atoms with van der Waals surface area (Å²) in [6, 6.07) is 11.9. The fraction of sp³-hybridized carbons (Fsp3) is 0.261. The molecule has 0 atom stereocenters. The Hall–Kier alpha value is -3.39. The Morgan fingerprint density at radius 1 is 1.03 bits per heavy atom. The quantitative estimate of drug-likeness (QED) is 0.494. The Kier molecular flexibility index (Phi) is 5.30. The number of para-hydroxylation sites is 1. The van der Waals surface area contributed by atoms with Gasteiger partial charge in [-0.3, -0.25) is 9.78 Å². The van der Waals surface area contributed by atoms with E-state index in [2.05, 4.69) is 20.9 Å². The topological polar surface area (TPSA) is 75.1 Å². The first-order valence-corrected chi connectivity index (χ1v) is 11.2. The van der Waals surface area contributed by atoms with Crippen LogP contribution in [0.5, 0.6) is 0 Å². The highest BCUT2D eigenvalue weighted by atomic mass is 32.1. The number of rotatable bonds is 4. The number of aromatic nitrogens is 4. The molecule has 1 aromatic carbocycles. The van der Waals surface area contributed by atoms with E-state index < -0.39 is 0 Å². The summed E-state index contributed by atoms with van der Waals surface area (Å²) >= 11 is 1.55. The number of benzene rings is 1. The van der Waals surface area contributed by atoms with Gasteiger partial charge in [0.15, 0.2) is 5.82 Å². The van der Waals surface area contributed by atoms with E-state index in [1.807, 2.05) is 47.5 Å². The van der Waals surface area contributed by atoms with Crippen LogP contribution < -0.4 is 4.90 Å². The van der Waals surface area contributed by atoms with Crippen molar-refractivity contribution in [3.63, 3.8) is 0 Å². The van der Waals surface area contributed by atoms with Crippen molar-refractivity contribution in [2.75, 3.05) is 31.1 Å². The molecule has 4 aromatic rings. The number of hydrogen-bond acceptors (Lipinski definition) is 7. The molecule has 1 aliphatic rings. The molecule has 3 aromatic heterocycles. The fourth-order valence-corrected chi connectivity index (χ4v) is 4.58. The average Bonchev–Trinajstić information content (AvgIpc) is 3.23. The molecule has 4 heterocycles. The second-order valence-corrected chi connectivity index (χ2v) is 8.50. The zero-order valence-electron chi connectivity index (χ0n) is 17.2. The van der Waals surface area contributed by atoms with Crippen molar-refractivity contribution in [2.24, 2.45) is 0 Å². The van der Waals surface area contributed by atoms with Gasteiger partial charge in [0.05, 0.1) is 11.9 Å². The van der Waals surface area contributed by atoms with Crippen LogP contribution in [0.2, 0.25) is 0 Å². The Bertz CT molecular complexity index is 1220. The van der Waals surface area contributed by atoms with Crippen molar-refractivity contribution in [2.45, 2.75) is 13.3 Å². The lowest BCUT2D eigenvalue weighted by molar-refractivity contribution is -0.130. The van der Waals surface area contributed by atoms with E-state index in [0.29, 0.717) is 25.3 Å². The number of anilines is 1. The molecule has 1 aliphatic heterocycles. The number of aryl methyl sites for hydroxylation is 1. The molecule has 0 radical (unpaired) electrons. The molecule has 0 N–H and O–H groups in total. The molecule has 1 fully saturated rings. The van der Waals surface area contributed by atoms with Crippen LogP contribution in [0.25, 0.3) is 22.3 Å². The molecule has 156 valence electrons. The SMILES string of the molecule is Cc1csc(CC(=O)N2CCN(c3nc(-c4cccnc4)nc4ccccc34)CC2)n1. The summed E-state index contributed by atoms with van der Waals surface area (Å²) in [5.41, 5.74) is 2.77. The van der Waals surface area contributed by atoms with Crippen LogP contribution in [0.15, 0.2) is 54.2 Å². The number of thiazole rings is 1. The number of fused-ring (bicyclic) bond motifs is 1. The van der Waals surface area contributed by atoms with E-state index in [4.69, 9.17) is 9.97 Å². The van der Waals surface area contributed by atoms with Crippen LogP contribution in [-0.4, -0.2) is 56.9 Å². The number of carbonyl (C=O) groups excluding carboxylic acids is 1. The van der Waals surface area contributed by atoms with E-state index in [1.54, 1.807) is 23.7 Å². The minimum absolute atomic E-state index is 0.137. The van der Waals surface area contributed by atoms with Gasteiger partial charge >= 0.3 is 0 Å². The Morgan fingerprint density at radius 2 is 1.87 bits per heavy atom. The van der Waals surface area contributed by atoms with Crippen LogP contribution in [-0.2, 0) is 11.2 Å². The van der Waals surface area contributed by atoms with Gasteiger partial charge in [-0.05, 0) is 31.2 Å². The van der Waals surface area contributed by atoms with Crippen molar-refractivity contribution in [1.82, 2.24) is 24.8 Å². The third-order valence-electron chi connectivity index (χ3n) is 5.40. The average molecular weight is 431 g/mol. The highest BCUT2D eigenvalue weighted by Crippen LogP contribution is 2.28. The first-order chi connectivity index (χ1) is 15.2. The lowest BCUT2D eigenvalue weighted by Gasteiger charge is -2.36. The molecule has 0 aliphatic carbocycles. The van der Waals surface area contributed by atoms with Crippen LogP contribution in [0.3, 0.4) is 0 Å². The molecule has 1 saturated heterocycles. The standard InChI is InChI=1S/C23H22N6OS/c1-16-15-31-20(25-16)13-21(30)28-9-11-29(12-10-28)23-18-6-2-3-7-19(18)26-22(27-23)17-5-4-8-24-14-17/h2-8,14-15H,9-13H2,1H3. The molecule has 0 spiro atoms. The number of pyridine rings is 1. The van der Waals surface area contributed by atoms with Crippen molar-refractivity contribution in [1.29, 1.82) is 0 Å². The van der Waals surface area contributed by atoms with Gasteiger partial charge in [0.25, 0.3) is 0 Å². The lowest BCUT2D eigenvalue weighted by Crippen LogP contribution is -2.49. The van der Waals surface area contributed by atoms with Crippen LogP contribution in [0, 0.1) is 6.92 Å². The van der Waals surface area contributed by atoms with E-state index >= 15 is 0 Å². The highest BCUT2D eigenvalue weighted by molar-refractivity contribution is 7.09. The van der Waals surface area contributed by atoms with Crippen molar-refractivity contribution in [3.05, 3.63) is 64.9 Å². The van der Waals surface area contributed by atoms with E-state index in [9.17, 15) is 4.79 Å². The highest BCUT2D eigenvalue weighted by Gasteiger charge is 2.24. The van der Waals surface area contributed by atoms with Crippen LogP contribution in [0.4, 0.5) is 5.82 Å². The van der Waals surface area contributed by atoms with E-state index in [0.717, 1.165) is 46.1 Å². The zero-order chi connectivity index (χ0) is 21.2. The second-order valence-electron chi connectivity index (χ2n) is 7.56. The Balaban J connectivity index is 1.37. The largest absolute Gasteiger partial charge is 0.352 e. The second kappa shape index (κ2) is 8.39. The molecule has 0 saturated carbocycles. The van der Waals surface area contributed by atoms with Gasteiger partial charge < -0.3 is 9.80 Å². The van der Waals surface area contributed by atoms with Crippen LogP contribution in [0.1, 0.15) is 10.7 Å². The van der Waals surface area contributed by atoms with E-state index in [1.165, 1.54) is 0 Å².